The molecule has 0 fully saturated rings. The van der Waals surface area contributed by atoms with E-state index in [-0.39, 0.29) is 18.4 Å². The number of pyridine rings is 1. The van der Waals surface area contributed by atoms with Crippen LogP contribution in [0.5, 0.6) is 0 Å². The molecule has 0 bridgehead atoms. The number of carbonyl (C=O) groups is 1. The first kappa shape index (κ1) is 15.2. The number of aliphatic hydroxyl groups excluding tert-OH is 1. The second-order valence-corrected chi connectivity index (χ2v) is 5.10. The lowest BCUT2D eigenvalue weighted by Gasteiger charge is -2.26. The van der Waals surface area contributed by atoms with E-state index in [0.717, 1.165) is 11.1 Å². The summed E-state index contributed by atoms with van der Waals surface area (Å²) in [7, 11) is 1.75. The summed E-state index contributed by atoms with van der Waals surface area (Å²) in [6, 6.07) is 12.9. The van der Waals surface area contributed by atoms with Crippen LogP contribution in [0.1, 0.15) is 36.6 Å². The molecule has 1 amide bonds. The number of hydrogen-bond acceptors (Lipinski definition) is 3. The van der Waals surface area contributed by atoms with Crippen molar-refractivity contribution in [1.29, 1.82) is 0 Å². The number of hydrogen-bond donors (Lipinski definition) is 1. The lowest BCUT2D eigenvalue weighted by Crippen LogP contribution is -2.30. The zero-order valence-electron chi connectivity index (χ0n) is 12.3. The SMILES string of the molecule is CC(c1cccnc1)N(C)C(=O)CC(O)c1ccccc1. The number of aromatic nitrogens is 1. The fraction of sp³-hybridized carbons (Fsp3) is 0.294. The molecular formula is C17H20N2O2. The second kappa shape index (κ2) is 6.99. The maximum absolute atomic E-state index is 12.3. The summed E-state index contributed by atoms with van der Waals surface area (Å²) >= 11 is 0. The summed E-state index contributed by atoms with van der Waals surface area (Å²) < 4.78 is 0. The van der Waals surface area contributed by atoms with Crippen LogP contribution in [0, 0.1) is 0 Å². The minimum atomic E-state index is -0.776. The summed E-state index contributed by atoms with van der Waals surface area (Å²) in [6.45, 7) is 1.95. The highest BCUT2D eigenvalue weighted by atomic mass is 16.3. The van der Waals surface area contributed by atoms with E-state index in [9.17, 15) is 9.90 Å². The van der Waals surface area contributed by atoms with Gasteiger partial charge in [-0.2, -0.15) is 0 Å². The zero-order chi connectivity index (χ0) is 15.2. The van der Waals surface area contributed by atoms with Crippen LogP contribution in [0.2, 0.25) is 0 Å². The number of amides is 1. The van der Waals surface area contributed by atoms with Crippen molar-refractivity contribution in [3.05, 3.63) is 66.0 Å². The first-order valence-electron chi connectivity index (χ1n) is 6.98. The van der Waals surface area contributed by atoms with Gasteiger partial charge in [-0.25, -0.2) is 0 Å². The molecule has 4 heteroatoms. The molecule has 0 aliphatic heterocycles. The predicted molar refractivity (Wildman–Crippen MR) is 81.4 cm³/mol. The van der Waals surface area contributed by atoms with Gasteiger partial charge in [0, 0.05) is 19.4 Å². The zero-order valence-corrected chi connectivity index (χ0v) is 12.3. The molecule has 2 unspecified atom stereocenters. The van der Waals surface area contributed by atoms with Crippen molar-refractivity contribution in [2.24, 2.45) is 0 Å². The molecule has 0 aliphatic rings. The normalized spacial score (nSPS) is 13.5. The molecule has 0 spiro atoms. The highest BCUT2D eigenvalue weighted by molar-refractivity contribution is 5.77. The van der Waals surface area contributed by atoms with Crippen molar-refractivity contribution in [3.8, 4) is 0 Å². The molecule has 0 aliphatic carbocycles. The van der Waals surface area contributed by atoms with Gasteiger partial charge in [0.05, 0.1) is 18.6 Å². The molecule has 4 nitrogen and oxygen atoms in total. The van der Waals surface area contributed by atoms with Gasteiger partial charge in [-0.05, 0) is 24.1 Å². The Labute approximate surface area is 125 Å². The quantitative estimate of drug-likeness (QED) is 0.918. The van der Waals surface area contributed by atoms with Gasteiger partial charge in [0.15, 0.2) is 0 Å². The highest BCUT2D eigenvalue weighted by Gasteiger charge is 2.20. The van der Waals surface area contributed by atoms with Gasteiger partial charge in [0.2, 0.25) is 5.91 Å². The van der Waals surface area contributed by atoms with Gasteiger partial charge in [0.25, 0.3) is 0 Å². The Morgan fingerprint density at radius 1 is 1.19 bits per heavy atom. The summed E-state index contributed by atoms with van der Waals surface area (Å²) in [6.07, 6.45) is 2.76. The number of benzene rings is 1. The predicted octanol–water partition coefficient (Wildman–Crippen LogP) is 2.72. The maximum Gasteiger partial charge on any atom is 0.225 e. The maximum atomic E-state index is 12.3. The largest absolute Gasteiger partial charge is 0.388 e. The summed E-state index contributed by atoms with van der Waals surface area (Å²) in [5.41, 5.74) is 1.73. The minimum Gasteiger partial charge on any atom is -0.388 e. The molecule has 2 rings (SSSR count). The first-order chi connectivity index (χ1) is 10.1. The van der Waals surface area contributed by atoms with E-state index in [0.29, 0.717) is 0 Å². The lowest BCUT2D eigenvalue weighted by molar-refractivity contribution is -0.134. The van der Waals surface area contributed by atoms with Crippen LogP contribution >= 0.6 is 0 Å². The highest BCUT2D eigenvalue weighted by Crippen LogP contribution is 2.22. The van der Waals surface area contributed by atoms with E-state index < -0.39 is 6.10 Å². The van der Waals surface area contributed by atoms with Gasteiger partial charge >= 0.3 is 0 Å². The molecule has 1 N–H and O–H groups in total. The van der Waals surface area contributed by atoms with E-state index in [1.54, 1.807) is 24.3 Å². The van der Waals surface area contributed by atoms with Crippen LogP contribution in [0.4, 0.5) is 0 Å². The molecular weight excluding hydrogens is 264 g/mol. The number of aliphatic hydroxyl groups is 1. The number of nitrogens with zero attached hydrogens (tertiary/aromatic N) is 2. The minimum absolute atomic E-state index is 0.0745. The smallest absolute Gasteiger partial charge is 0.225 e. The van der Waals surface area contributed by atoms with Gasteiger partial charge < -0.3 is 10.0 Å². The molecule has 0 saturated heterocycles. The average Bonchev–Trinajstić information content (AvgIpc) is 2.55. The number of carbonyl (C=O) groups excluding carboxylic acids is 1. The van der Waals surface area contributed by atoms with E-state index in [2.05, 4.69) is 4.98 Å². The van der Waals surface area contributed by atoms with Crippen molar-refractivity contribution < 1.29 is 9.90 Å². The number of rotatable bonds is 5. The first-order valence-corrected chi connectivity index (χ1v) is 6.98. The lowest BCUT2D eigenvalue weighted by atomic mass is 10.0. The Morgan fingerprint density at radius 3 is 2.48 bits per heavy atom. The average molecular weight is 284 g/mol. The van der Waals surface area contributed by atoms with Crippen LogP contribution in [0.25, 0.3) is 0 Å². The third-order valence-corrected chi connectivity index (χ3v) is 3.69. The van der Waals surface area contributed by atoms with Gasteiger partial charge in [-0.3, -0.25) is 9.78 Å². The van der Waals surface area contributed by atoms with E-state index in [1.807, 2.05) is 49.4 Å². The van der Waals surface area contributed by atoms with Crippen molar-refractivity contribution >= 4 is 5.91 Å². The molecule has 2 atom stereocenters. The van der Waals surface area contributed by atoms with Crippen LogP contribution in [0.15, 0.2) is 54.9 Å². The van der Waals surface area contributed by atoms with Crippen molar-refractivity contribution in [2.75, 3.05) is 7.05 Å². The summed E-state index contributed by atoms with van der Waals surface area (Å²) in [4.78, 5) is 18.0. The second-order valence-electron chi connectivity index (χ2n) is 5.10. The fourth-order valence-electron chi connectivity index (χ4n) is 2.17. The summed E-state index contributed by atoms with van der Waals surface area (Å²) in [5.74, 6) is -0.0947. The standard InChI is InChI=1S/C17H20N2O2/c1-13(15-9-6-10-18-12-15)19(2)17(21)11-16(20)14-7-4-3-5-8-14/h3-10,12-13,16,20H,11H2,1-2H3. The van der Waals surface area contributed by atoms with Crippen LogP contribution in [-0.2, 0) is 4.79 Å². The van der Waals surface area contributed by atoms with Gasteiger partial charge in [-0.15, -0.1) is 0 Å². The molecule has 21 heavy (non-hydrogen) atoms. The van der Waals surface area contributed by atoms with E-state index in [4.69, 9.17) is 0 Å². The van der Waals surface area contributed by atoms with Crippen LogP contribution in [0.3, 0.4) is 0 Å². The van der Waals surface area contributed by atoms with Crippen LogP contribution in [-0.4, -0.2) is 27.9 Å². The van der Waals surface area contributed by atoms with Crippen LogP contribution < -0.4 is 0 Å². The monoisotopic (exact) mass is 284 g/mol. The molecule has 1 aromatic heterocycles. The fourth-order valence-corrected chi connectivity index (χ4v) is 2.17. The molecule has 0 radical (unpaired) electrons. The van der Waals surface area contributed by atoms with E-state index >= 15 is 0 Å². The Morgan fingerprint density at radius 2 is 1.86 bits per heavy atom. The Bertz CT molecular complexity index is 572. The van der Waals surface area contributed by atoms with E-state index in [1.165, 1.54) is 0 Å². The van der Waals surface area contributed by atoms with Crippen molar-refractivity contribution in [1.82, 2.24) is 9.88 Å². The van der Waals surface area contributed by atoms with Gasteiger partial charge in [0.1, 0.15) is 0 Å². The third-order valence-electron chi connectivity index (χ3n) is 3.69. The van der Waals surface area contributed by atoms with Gasteiger partial charge in [-0.1, -0.05) is 36.4 Å². The molecule has 110 valence electrons. The summed E-state index contributed by atoms with van der Waals surface area (Å²) in [5, 5.41) is 10.1. The molecule has 2 aromatic rings. The van der Waals surface area contributed by atoms with Crippen molar-refractivity contribution in [3.63, 3.8) is 0 Å². The Hall–Kier alpha value is -2.20. The molecule has 1 aromatic carbocycles. The topological polar surface area (TPSA) is 53.4 Å². The molecule has 1 heterocycles. The third kappa shape index (κ3) is 3.89. The van der Waals surface area contributed by atoms with Crippen molar-refractivity contribution in [2.45, 2.75) is 25.5 Å². The Kier molecular flexibility index (Phi) is 5.06. The molecule has 0 saturated carbocycles. The Balaban J connectivity index is 2.00.